The molecular weight excluding hydrogens is 313 g/mol. The molecule has 0 radical (unpaired) electrons. The summed E-state index contributed by atoms with van der Waals surface area (Å²) < 4.78 is 56.5. The highest BCUT2D eigenvalue weighted by Gasteiger charge is 2.36. The van der Waals surface area contributed by atoms with Crippen molar-refractivity contribution in [3.05, 3.63) is 17.9 Å². The highest BCUT2D eigenvalue weighted by molar-refractivity contribution is 7.89. The van der Waals surface area contributed by atoms with Gasteiger partial charge in [0.25, 0.3) is 0 Å². The number of sulfonamides is 1. The van der Waals surface area contributed by atoms with Crippen LogP contribution >= 0.6 is 0 Å². The SMILES string of the molecule is COc1cc(F)c(S(=O)(=O)N2C[C@H](C)OC[C@H]2C)cc1OC. The number of benzene rings is 1. The highest BCUT2D eigenvalue weighted by atomic mass is 32.2. The Hall–Kier alpha value is -1.38. The number of rotatable bonds is 4. The molecule has 0 N–H and O–H groups in total. The Balaban J connectivity index is 2.49. The molecule has 1 fully saturated rings. The number of morpholine rings is 1. The molecule has 1 heterocycles. The van der Waals surface area contributed by atoms with Gasteiger partial charge in [0.15, 0.2) is 11.5 Å². The van der Waals surface area contributed by atoms with E-state index in [2.05, 4.69) is 0 Å². The summed E-state index contributed by atoms with van der Waals surface area (Å²) in [6.07, 6.45) is -0.241. The minimum absolute atomic E-state index is 0.141. The largest absolute Gasteiger partial charge is 0.493 e. The average Bonchev–Trinajstić information content (AvgIpc) is 2.48. The van der Waals surface area contributed by atoms with E-state index in [0.29, 0.717) is 0 Å². The molecule has 22 heavy (non-hydrogen) atoms. The maximum atomic E-state index is 14.3. The first-order chi connectivity index (χ1) is 10.3. The normalized spacial score (nSPS) is 23.3. The lowest BCUT2D eigenvalue weighted by molar-refractivity contribution is -0.0171. The second-order valence-electron chi connectivity index (χ2n) is 5.21. The molecule has 0 spiro atoms. The van der Waals surface area contributed by atoms with Crippen molar-refractivity contribution in [2.45, 2.75) is 30.9 Å². The van der Waals surface area contributed by atoms with Gasteiger partial charge in [-0.15, -0.1) is 0 Å². The third-order valence-corrected chi connectivity index (χ3v) is 5.57. The third-order valence-electron chi connectivity index (χ3n) is 3.58. The summed E-state index contributed by atoms with van der Waals surface area (Å²) in [6, 6.07) is 1.80. The van der Waals surface area contributed by atoms with Gasteiger partial charge < -0.3 is 14.2 Å². The maximum absolute atomic E-state index is 14.3. The van der Waals surface area contributed by atoms with Gasteiger partial charge in [0.1, 0.15) is 10.7 Å². The van der Waals surface area contributed by atoms with Gasteiger partial charge in [0.2, 0.25) is 10.0 Å². The Morgan fingerprint density at radius 3 is 2.41 bits per heavy atom. The van der Waals surface area contributed by atoms with Crippen LogP contribution < -0.4 is 9.47 Å². The number of halogens is 1. The zero-order valence-electron chi connectivity index (χ0n) is 13.0. The van der Waals surface area contributed by atoms with Crippen molar-refractivity contribution in [3.63, 3.8) is 0 Å². The molecule has 6 nitrogen and oxygen atoms in total. The molecule has 1 aliphatic heterocycles. The Labute approximate surface area is 129 Å². The van der Waals surface area contributed by atoms with Crippen molar-refractivity contribution in [2.75, 3.05) is 27.4 Å². The molecule has 1 aliphatic rings. The zero-order chi connectivity index (χ0) is 16.5. The van der Waals surface area contributed by atoms with Gasteiger partial charge in [-0.25, -0.2) is 12.8 Å². The van der Waals surface area contributed by atoms with E-state index in [1.54, 1.807) is 13.8 Å². The third kappa shape index (κ3) is 3.04. The van der Waals surface area contributed by atoms with Gasteiger partial charge in [-0.05, 0) is 13.8 Å². The molecule has 0 amide bonds. The molecule has 0 saturated carbocycles. The predicted octanol–water partition coefficient (Wildman–Crippen LogP) is 1.64. The lowest BCUT2D eigenvalue weighted by Gasteiger charge is -2.35. The van der Waals surface area contributed by atoms with Crippen molar-refractivity contribution in [1.82, 2.24) is 4.31 Å². The molecule has 1 saturated heterocycles. The Bertz CT molecular complexity index is 649. The summed E-state index contributed by atoms with van der Waals surface area (Å²) in [6.45, 7) is 3.95. The highest BCUT2D eigenvalue weighted by Crippen LogP contribution is 2.34. The molecule has 0 unspecified atom stereocenters. The Morgan fingerprint density at radius 1 is 1.23 bits per heavy atom. The van der Waals surface area contributed by atoms with Crippen molar-refractivity contribution < 1.29 is 27.0 Å². The number of hydrogen-bond donors (Lipinski definition) is 0. The molecule has 0 aromatic heterocycles. The lowest BCUT2D eigenvalue weighted by Crippen LogP contribution is -2.50. The summed E-state index contributed by atoms with van der Waals surface area (Å²) in [7, 11) is -1.26. The van der Waals surface area contributed by atoms with E-state index in [0.717, 1.165) is 12.1 Å². The maximum Gasteiger partial charge on any atom is 0.246 e. The summed E-state index contributed by atoms with van der Waals surface area (Å²) in [4.78, 5) is -0.425. The topological polar surface area (TPSA) is 65.1 Å². The van der Waals surface area contributed by atoms with E-state index in [1.165, 1.54) is 18.5 Å². The Kier molecular flexibility index (Phi) is 4.93. The fourth-order valence-electron chi connectivity index (χ4n) is 2.37. The van der Waals surface area contributed by atoms with Crippen LogP contribution in [-0.2, 0) is 14.8 Å². The first kappa shape index (κ1) is 17.0. The summed E-state index contributed by atoms with van der Waals surface area (Å²) >= 11 is 0. The van der Waals surface area contributed by atoms with Crippen LogP contribution in [0.4, 0.5) is 4.39 Å². The minimum Gasteiger partial charge on any atom is -0.493 e. The van der Waals surface area contributed by atoms with Crippen LogP contribution in [0.2, 0.25) is 0 Å². The van der Waals surface area contributed by atoms with Crippen LogP contribution in [0.5, 0.6) is 11.5 Å². The van der Waals surface area contributed by atoms with E-state index in [1.807, 2.05) is 0 Å². The van der Waals surface area contributed by atoms with Gasteiger partial charge >= 0.3 is 0 Å². The van der Waals surface area contributed by atoms with Crippen LogP contribution in [-0.4, -0.2) is 52.2 Å². The molecule has 1 aromatic carbocycles. The predicted molar refractivity (Wildman–Crippen MR) is 78.3 cm³/mol. The van der Waals surface area contributed by atoms with Crippen LogP contribution in [0.3, 0.4) is 0 Å². The molecule has 1 aromatic rings. The van der Waals surface area contributed by atoms with Crippen molar-refractivity contribution in [2.24, 2.45) is 0 Å². The van der Waals surface area contributed by atoms with Crippen LogP contribution in [0.15, 0.2) is 17.0 Å². The standard InChI is InChI=1S/C14H20FNO5S/c1-9-8-21-10(2)7-16(9)22(17,18)14-6-13(20-4)12(19-3)5-11(14)15/h5-6,9-10H,7-8H2,1-4H3/t9-,10+/m1/s1. The van der Waals surface area contributed by atoms with E-state index in [-0.39, 0.29) is 36.8 Å². The molecule has 0 bridgehead atoms. The second-order valence-corrected chi connectivity index (χ2v) is 7.06. The minimum atomic E-state index is -3.99. The summed E-state index contributed by atoms with van der Waals surface area (Å²) in [5, 5.41) is 0. The average molecular weight is 333 g/mol. The number of hydrogen-bond acceptors (Lipinski definition) is 5. The summed E-state index contributed by atoms with van der Waals surface area (Å²) in [5.74, 6) is -0.567. The van der Waals surface area contributed by atoms with E-state index < -0.39 is 20.7 Å². The second kappa shape index (κ2) is 6.39. The molecule has 2 atom stereocenters. The van der Waals surface area contributed by atoms with Crippen molar-refractivity contribution in [1.29, 1.82) is 0 Å². The van der Waals surface area contributed by atoms with Crippen LogP contribution in [0.25, 0.3) is 0 Å². The number of ether oxygens (including phenoxy) is 3. The van der Waals surface area contributed by atoms with E-state index in [4.69, 9.17) is 14.2 Å². The van der Waals surface area contributed by atoms with Gasteiger partial charge in [-0.2, -0.15) is 4.31 Å². The Morgan fingerprint density at radius 2 is 1.82 bits per heavy atom. The van der Waals surface area contributed by atoms with Gasteiger partial charge in [0.05, 0.1) is 26.9 Å². The number of methoxy groups -OCH3 is 2. The quantitative estimate of drug-likeness (QED) is 0.838. The van der Waals surface area contributed by atoms with Crippen molar-refractivity contribution in [3.8, 4) is 11.5 Å². The first-order valence-corrected chi connectivity index (χ1v) is 8.30. The van der Waals surface area contributed by atoms with E-state index >= 15 is 0 Å². The lowest BCUT2D eigenvalue weighted by atomic mass is 10.2. The smallest absolute Gasteiger partial charge is 0.246 e. The van der Waals surface area contributed by atoms with Gasteiger partial charge in [0, 0.05) is 24.7 Å². The van der Waals surface area contributed by atoms with Crippen molar-refractivity contribution >= 4 is 10.0 Å². The number of nitrogens with zero attached hydrogens (tertiary/aromatic N) is 1. The fraction of sp³-hybridized carbons (Fsp3) is 0.571. The molecule has 124 valence electrons. The molecule has 0 aliphatic carbocycles. The van der Waals surface area contributed by atoms with Crippen LogP contribution in [0, 0.1) is 5.82 Å². The molecule has 8 heteroatoms. The van der Waals surface area contributed by atoms with Gasteiger partial charge in [-0.1, -0.05) is 0 Å². The monoisotopic (exact) mass is 333 g/mol. The van der Waals surface area contributed by atoms with Crippen LogP contribution in [0.1, 0.15) is 13.8 Å². The fourth-order valence-corrected chi connectivity index (χ4v) is 4.12. The molecular formula is C14H20FNO5S. The molecule has 2 rings (SSSR count). The van der Waals surface area contributed by atoms with E-state index in [9.17, 15) is 12.8 Å². The van der Waals surface area contributed by atoms with Gasteiger partial charge in [-0.3, -0.25) is 0 Å². The zero-order valence-corrected chi connectivity index (χ0v) is 13.8. The first-order valence-electron chi connectivity index (χ1n) is 6.86. The summed E-state index contributed by atoms with van der Waals surface area (Å²) in [5.41, 5.74) is 0.